The van der Waals surface area contributed by atoms with Crippen LogP contribution in [0.15, 0.2) is 59.2 Å². The minimum atomic E-state index is -0.124. The molecule has 6 nitrogen and oxygen atoms in total. The summed E-state index contributed by atoms with van der Waals surface area (Å²) in [6.45, 7) is 1.45. The number of benzene rings is 1. The molecule has 1 amide bonds. The average Bonchev–Trinajstić information content (AvgIpc) is 3.25. The molecular weight excluding hydrogens is 364 g/mol. The molecule has 1 fully saturated rings. The first-order chi connectivity index (χ1) is 13.2. The van der Waals surface area contributed by atoms with Gasteiger partial charge in [-0.1, -0.05) is 23.7 Å². The quantitative estimate of drug-likeness (QED) is 0.730. The first-order valence-electron chi connectivity index (χ1n) is 8.88. The molecule has 0 radical (unpaired) electrons. The van der Waals surface area contributed by atoms with Crippen molar-refractivity contribution >= 4 is 29.0 Å². The summed E-state index contributed by atoms with van der Waals surface area (Å²) in [5, 5.41) is 12.0. The number of halogens is 1. The minimum Gasteiger partial charge on any atom is -0.463 e. The smallest absolute Gasteiger partial charge is 0.229 e. The predicted octanol–water partition coefficient (Wildman–Crippen LogP) is 4.25. The number of nitrogens with one attached hydrogen (secondary N) is 1. The molecule has 4 rings (SSSR count). The molecule has 0 saturated carbocycles. The second-order valence-electron chi connectivity index (χ2n) is 6.51. The fourth-order valence-corrected chi connectivity index (χ4v) is 3.43. The zero-order chi connectivity index (χ0) is 18.6. The highest BCUT2D eigenvalue weighted by atomic mass is 35.5. The summed E-state index contributed by atoms with van der Waals surface area (Å²) in [5.74, 6) is 1.31. The van der Waals surface area contributed by atoms with Crippen LogP contribution in [0, 0.1) is 5.92 Å². The normalized spacial score (nSPS) is 16.9. The van der Waals surface area contributed by atoms with Gasteiger partial charge in [-0.05, 0) is 49.2 Å². The van der Waals surface area contributed by atoms with Gasteiger partial charge in [-0.15, -0.1) is 10.2 Å². The monoisotopic (exact) mass is 382 g/mol. The van der Waals surface area contributed by atoms with Gasteiger partial charge in [0.25, 0.3) is 0 Å². The highest BCUT2D eigenvalue weighted by Crippen LogP contribution is 2.26. The van der Waals surface area contributed by atoms with E-state index >= 15 is 0 Å². The van der Waals surface area contributed by atoms with Crippen molar-refractivity contribution in [2.45, 2.75) is 12.8 Å². The van der Waals surface area contributed by atoms with E-state index in [4.69, 9.17) is 16.0 Å². The third-order valence-corrected chi connectivity index (χ3v) is 5.00. The van der Waals surface area contributed by atoms with E-state index in [2.05, 4.69) is 20.4 Å². The molecule has 0 spiro atoms. The molecule has 1 saturated heterocycles. The molecule has 1 atom stereocenters. The van der Waals surface area contributed by atoms with Gasteiger partial charge in [0.2, 0.25) is 5.91 Å². The Hall–Kier alpha value is -2.86. The Balaban J connectivity index is 1.43. The van der Waals surface area contributed by atoms with E-state index in [1.54, 1.807) is 18.4 Å². The lowest BCUT2D eigenvalue weighted by Gasteiger charge is -2.32. The summed E-state index contributed by atoms with van der Waals surface area (Å²) in [6.07, 6.45) is 3.37. The molecule has 0 bridgehead atoms. The summed E-state index contributed by atoms with van der Waals surface area (Å²) in [7, 11) is 0. The summed E-state index contributed by atoms with van der Waals surface area (Å²) in [4.78, 5) is 14.8. The summed E-state index contributed by atoms with van der Waals surface area (Å²) in [5.41, 5.74) is 1.33. The van der Waals surface area contributed by atoms with Crippen LogP contribution in [-0.2, 0) is 4.79 Å². The SMILES string of the molecule is O=C(Nc1ccccc1Cl)[C@H]1CCCN(c2ccc(-c3ccco3)nn2)C1. The Labute approximate surface area is 162 Å². The molecular formula is C20H19ClN4O2. The lowest BCUT2D eigenvalue weighted by atomic mass is 9.97. The van der Waals surface area contributed by atoms with Crippen molar-refractivity contribution in [2.24, 2.45) is 5.92 Å². The first-order valence-corrected chi connectivity index (χ1v) is 9.26. The summed E-state index contributed by atoms with van der Waals surface area (Å²) >= 11 is 6.14. The first kappa shape index (κ1) is 17.5. The van der Waals surface area contributed by atoms with Crippen LogP contribution in [0.5, 0.6) is 0 Å². The molecule has 1 aliphatic heterocycles. The number of hydrogen-bond donors (Lipinski definition) is 1. The van der Waals surface area contributed by atoms with Gasteiger partial charge >= 0.3 is 0 Å². The average molecular weight is 383 g/mol. The van der Waals surface area contributed by atoms with E-state index in [0.29, 0.717) is 28.7 Å². The van der Waals surface area contributed by atoms with Crippen LogP contribution in [0.1, 0.15) is 12.8 Å². The lowest BCUT2D eigenvalue weighted by molar-refractivity contribution is -0.120. The molecule has 2 aromatic heterocycles. The Kier molecular flexibility index (Phi) is 5.07. The summed E-state index contributed by atoms with van der Waals surface area (Å²) < 4.78 is 5.34. The maximum atomic E-state index is 12.7. The Morgan fingerprint density at radius 2 is 2.04 bits per heavy atom. The van der Waals surface area contributed by atoms with Crippen LogP contribution in [0.4, 0.5) is 11.5 Å². The van der Waals surface area contributed by atoms with E-state index in [0.717, 1.165) is 25.2 Å². The van der Waals surface area contributed by atoms with Crippen molar-refractivity contribution in [3.05, 3.63) is 59.8 Å². The minimum absolute atomic E-state index is 0.0204. The van der Waals surface area contributed by atoms with Gasteiger partial charge in [0, 0.05) is 13.1 Å². The van der Waals surface area contributed by atoms with Crippen molar-refractivity contribution in [2.75, 3.05) is 23.3 Å². The number of amides is 1. The maximum Gasteiger partial charge on any atom is 0.229 e. The molecule has 1 aromatic carbocycles. The highest BCUT2D eigenvalue weighted by Gasteiger charge is 2.27. The lowest BCUT2D eigenvalue weighted by Crippen LogP contribution is -2.41. The second kappa shape index (κ2) is 7.80. The van der Waals surface area contributed by atoms with Crippen molar-refractivity contribution in [1.82, 2.24) is 10.2 Å². The van der Waals surface area contributed by atoms with Gasteiger partial charge in [-0.2, -0.15) is 0 Å². The molecule has 1 N–H and O–H groups in total. The molecule has 3 heterocycles. The molecule has 7 heteroatoms. The van der Waals surface area contributed by atoms with Gasteiger partial charge in [0.05, 0.1) is 22.9 Å². The third kappa shape index (κ3) is 3.95. The zero-order valence-corrected chi connectivity index (χ0v) is 15.4. The predicted molar refractivity (Wildman–Crippen MR) is 105 cm³/mol. The fourth-order valence-electron chi connectivity index (χ4n) is 3.25. The van der Waals surface area contributed by atoms with Gasteiger partial charge in [0.15, 0.2) is 11.6 Å². The standard InChI is InChI=1S/C20H19ClN4O2/c21-15-6-1-2-7-16(15)22-20(26)14-5-3-11-25(13-14)19-10-9-17(23-24-19)18-8-4-12-27-18/h1-2,4,6-10,12,14H,3,5,11,13H2,(H,22,26)/t14-/m0/s1. The van der Waals surface area contributed by atoms with Crippen LogP contribution in [-0.4, -0.2) is 29.2 Å². The number of anilines is 2. The molecule has 0 unspecified atom stereocenters. The largest absolute Gasteiger partial charge is 0.463 e. The van der Waals surface area contributed by atoms with Crippen LogP contribution in [0.3, 0.4) is 0 Å². The van der Waals surface area contributed by atoms with Crippen molar-refractivity contribution in [3.63, 3.8) is 0 Å². The molecule has 3 aromatic rings. The number of carbonyl (C=O) groups is 1. The van der Waals surface area contributed by atoms with E-state index in [-0.39, 0.29) is 11.8 Å². The van der Waals surface area contributed by atoms with E-state index in [1.807, 2.05) is 36.4 Å². The number of nitrogens with zero attached hydrogens (tertiary/aromatic N) is 3. The van der Waals surface area contributed by atoms with Crippen LogP contribution < -0.4 is 10.2 Å². The molecule has 1 aliphatic rings. The van der Waals surface area contributed by atoms with Crippen molar-refractivity contribution in [1.29, 1.82) is 0 Å². The molecule has 27 heavy (non-hydrogen) atoms. The van der Waals surface area contributed by atoms with Crippen LogP contribution in [0.2, 0.25) is 5.02 Å². The highest BCUT2D eigenvalue weighted by molar-refractivity contribution is 6.33. The second-order valence-corrected chi connectivity index (χ2v) is 6.92. The third-order valence-electron chi connectivity index (χ3n) is 4.67. The van der Waals surface area contributed by atoms with Gasteiger partial charge in [0.1, 0.15) is 5.69 Å². The number of para-hydroxylation sites is 1. The Morgan fingerprint density at radius 1 is 1.15 bits per heavy atom. The Bertz CT molecular complexity index is 912. The number of piperidine rings is 1. The zero-order valence-electron chi connectivity index (χ0n) is 14.6. The fraction of sp³-hybridized carbons (Fsp3) is 0.250. The van der Waals surface area contributed by atoms with E-state index < -0.39 is 0 Å². The molecule has 138 valence electrons. The maximum absolute atomic E-state index is 12.7. The number of furan rings is 1. The van der Waals surface area contributed by atoms with Crippen molar-refractivity contribution < 1.29 is 9.21 Å². The Morgan fingerprint density at radius 3 is 2.78 bits per heavy atom. The van der Waals surface area contributed by atoms with Gasteiger partial charge in [-0.25, -0.2) is 0 Å². The number of aromatic nitrogens is 2. The summed E-state index contributed by atoms with van der Waals surface area (Å²) in [6, 6.07) is 14.7. The number of rotatable bonds is 4. The topological polar surface area (TPSA) is 71.3 Å². The van der Waals surface area contributed by atoms with Crippen LogP contribution >= 0.6 is 11.6 Å². The van der Waals surface area contributed by atoms with Crippen LogP contribution in [0.25, 0.3) is 11.5 Å². The number of carbonyl (C=O) groups excluding carboxylic acids is 1. The molecule has 0 aliphatic carbocycles. The number of hydrogen-bond acceptors (Lipinski definition) is 5. The van der Waals surface area contributed by atoms with Gasteiger partial charge in [-0.3, -0.25) is 4.79 Å². The van der Waals surface area contributed by atoms with Crippen molar-refractivity contribution in [3.8, 4) is 11.5 Å². The van der Waals surface area contributed by atoms with E-state index in [1.165, 1.54) is 0 Å². The van der Waals surface area contributed by atoms with E-state index in [9.17, 15) is 4.79 Å². The van der Waals surface area contributed by atoms with Gasteiger partial charge < -0.3 is 14.6 Å².